The SMILES string of the molecule is CC1(C)c2cc(-c3ccc4c(c3)c3ccccc3n4-c3ccccc3)ccc2-c2ccc(N(C3=CC4C(C=C3)c3ccccc3C4(C)C)c3ccc(N(c4ccccc4)c4cccc5ccccc45)cc3)cc21. The lowest BCUT2D eigenvalue weighted by molar-refractivity contribution is 0.392. The van der Waals surface area contributed by atoms with Crippen molar-refractivity contribution in [2.45, 2.75) is 44.4 Å². The van der Waals surface area contributed by atoms with Crippen molar-refractivity contribution in [2.24, 2.45) is 5.92 Å². The second-order valence-corrected chi connectivity index (χ2v) is 21.4. The molecule has 0 saturated heterocycles. The molecule has 0 spiro atoms. The van der Waals surface area contributed by atoms with Crippen LogP contribution in [-0.2, 0) is 10.8 Å². The van der Waals surface area contributed by atoms with Crippen molar-refractivity contribution in [2.75, 3.05) is 9.80 Å². The van der Waals surface area contributed by atoms with Crippen LogP contribution in [0, 0.1) is 5.92 Å². The molecule has 14 rings (SSSR count). The van der Waals surface area contributed by atoms with Crippen LogP contribution in [0.1, 0.15) is 55.9 Å². The Balaban J connectivity index is 0.869. The van der Waals surface area contributed by atoms with Crippen LogP contribution < -0.4 is 9.80 Å². The Kier molecular flexibility index (Phi) is 9.72. The fourth-order valence-corrected chi connectivity index (χ4v) is 13.0. The fourth-order valence-electron chi connectivity index (χ4n) is 13.0. The molecule has 0 aliphatic heterocycles. The van der Waals surface area contributed by atoms with Crippen LogP contribution in [0.3, 0.4) is 0 Å². The Morgan fingerprint density at radius 1 is 0.425 bits per heavy atom. The molecule has 0 amide bonds. The van der Waals surface area contributed by atoms with E-state index in [1.54, 1.807) is 0 Å². The lowest BCUT2D eigenvalue weighted by Gasteiger charge is -2.35. The molecule has 73 heavy (non-hydrogen) atoms. The highest BCUT2D eigenvalue weighted by atomic mass is 15.2. The maximum Gasteiger partial charge on any atom is 0.0541 e. The third kappa shape index (κ3) is 6.72. The van der Waals surface area contributed by atoms with E-state index in [2.05, 4.69) is 291 Å². The standard InChI is InChI=1S/C70H55N3/c1-69(2)62-27-15-13-25-56(62)58-39-36-53(44-64(58)69)71(51-32-34-52(35-33-51)72(49-20-7-5-8-21-49)66-29-17-19-46-18-11-12-24-55(46)66)54-37-40-59-57-38-30-48(43-63(57)70(3,4)65(59)45-54)47-31-41-68-61(42-47)60-26-14-16-28-67(60)73(68)50-22-9-6-10-23-50/h5-45,58,64H,1-4H3. The van der Waals surface area contributed by atoms with Gasteiger partial charge in [0.15, 0.2) is 0 Å². The Morgan fingerprint density at radius 3 is 1.82 bits per heavy atom. The predicted octanol–water partition coefficient (Wildman–Crippen LogP) is 18.7. The van der Waals surface area contributed by atoms with Gasteiger partial charge in [-0.15, -0.1) is 0 Å². The normalized spacial score (nSPS) is 16.7. The number of hydrogen-bond donors (Lipinski definition) is 0. The van der Waals surface area contributed by atoms with Crippen LogP contribution in [0.4, 0.5) is 28.4 Å². The van der Waals surface area contributed by atoms with Gasteiger partial charge in [-0.25, -0.2) is 0 Å². The third-order valence-corrected chi connectivity index (χ3v) is 16.6. The summed E-state index contributed by atoms with van der Waals surface area (Å²) in [5, 5.41) is 4.97. The summed E-state index contributed by atoms with van der Waals surface area (Å²) in [6.45, 7) is 9.68. The Labute approximate surface area is 428 Å². The van der Waals surface area contributed by atoms with Gasteiger partial charge in [0.1, 0.15) is 0 Å². The number of anilines is 5. The quantitative estimate of drug-likeness (QED) is 0.150. The zero-order valence-electron chi connectivity index (χ0n) is 41.7. The second kappa shape index (κ2) is 16.4. The van der Waals surface area contributed by atoms with Gasteiger partial charge in [-0.1, -0.05) is 179 Å². The summed E-state index contributed by atoms with van der Waals surface area (Å²) in [5.74, 6) is 0.652. The monoisotopic (exact) mass is 937 g/mol. The molecule has 350 valence electrons. The number of benzene rings is 10. The van der Waals surface area contributed by atoms with Crippen LogP contribution in [0.2, 0.25) is 0 Å². The minimum atomic E-state index is -0.245. The number of nitrogens with zero attached hydrogens (tertiary/aromatic N) is 3. The smallest absolute Gasteiger partial charge is 0.0541 e. The molecule has 0 bridgehead atoms. The highest BCUT2D eigenvalue weighted by Crippen LogP contribution is 2.56. The highest BCUT2D eigenvalue weighted by molar-refractivity contribution is 6.10. The van der Waals surface area contributed by atoms with Crippen molar-refractivity contribution < 1.29 is 0 Å². The number of allylic oxidation sites excluding steroid dienone is 3. The molecule has 2 unspecified atom stereocenters. The third-order valence-electron chi connectivity index (χ3n) is 16.6. The van der Waals surface area contributed by atoms with Gasteiger partial charge in [-0.3, -0.25) is 0 Å². The molecule has 2 atom stereocenters. The Bertz CT molecular complexity index is 4040. The van der Waals surface area contributed by atoms with E-state index in [-0.39, 0.29) is 10.8 Å². The maximum atomic E-state index is 2.57. The van der Waals surface area contributed by atoms with Crippen molar-refractivity contribution in [1.82, 2.24) is 4.57 Å². The van der Waals surface area contributed by atoms with E-state index < -0.39 is 0 Å². The van der Waals surface area contributed by atoms with E-state index in [4.69, 9.17) is 0 Å². The van der Waals surface area contributed by atoms with Crippen LogP contribution in [-0.4, -0.2) is 4.57 Å². The van der Waals surface area contributed by atoms with Crippen molar-refractivity contribution in [3.8, 4) is 27.9 Å². The molecule has 3 aliphatic carbocycles. The molecule has 0 N–H and O–H groups in total. The average molecular weight is 938 g/mol. The van der Waals surface area contributed by atoms with Crippen LogP contribution in [0.5, 0.6) is 0 Å². The summed E-state index contributed by atoms with van der Waals surface area (Å²) in [6, 6.07) is 85.3. The van der Waals surface area contributed by atoms with E-state index >= 15 is 0 Å². The molecule has 0 fully saturated rings. The van der Waals surface area contributed by atoms with E-state index in [1.165, 1.54) is 88.5 Å². The first-order valence-corrected chi connectivity index (χ1v) is 25.8. The zero-order valence-corrected chi connectivity index (χ0v) is 41.7. The molecule has 1 aromatic heterocycles. The van der Waals surface area contributed by atoms with Gasteiger partial charge >= 0.3 is 0 Å². The van der Waals surface area contributed by atoms with Crippen LogP contribution in [0.15, 0.2) is 254 Å². The summed E-state index contributed by atoms with van der Waals surface area (Å²) < 4.78 is 2.39. The molecular weight excluding hydrogens is 883 g/mol. The number of hydrogen-bond acceptors (Lipinski definition) is 2. The first-order chi connectivity index (χ1) is 35.7. The molecule has 11 aromatic rings. The molecule has 3 aliphatic rings. The lowest BCUT2D eigenvalue weighted by Crippen LogP contribution is -2.28. The van der Waals surface area contributed by atoms with Gasteiger partial charge in [0.2, 0.25) is 0 Å². The van der Waals surface area contributed by atoms with Gasteiger partial charge in [0.05, 0.1) is 16.7 Å². The molecule has 3 nitrogen and oxygen atoms in total. The van der Waals surface area contributed by atoms with E-state index in [9.17, 15) is 0 Å². The minimum Gasteiger partial charge on any atom is -0.311 e. The number of rotatable bonds is 8. The maximum absolute atomic E-state index is 2.57. The van der Waals surface area contributed by atoms with Gasteiger partial charge < -0.3 is 14.4 Å². The highest BCUT2D eigenvalue weighted by Gasteiger charge is 2.45. The molecule has 10 aromatic carbocycles. The molecule has 0 saturated carbocycles. The lowest BCUT2D eigenvalue weighted by atomic mass is 9.74. The molecular formula is C70H55N3. The van der Waals surface area contributed by atoms with Gasteiger partial charge in [-0.05, 0) is 158 Å². The van der Waals surface area contributed by atoms with E-state index in [0.717, 1.165) is 28.4 Å². The Hall–Kier alpha value is -8.66. The van der Waals surface area contributed by atoms with Crippen LogP contribution in [0.25, 0.3) is 60.5 Å². The van der Waals surface area contributed by atoms with Crippen molar-refractivity contribution in [1.29, 1.82) is 0 Å². The predicted molar refractivity (Wildman–Crippen MR) is 307 cm³/mol. The van der Waals surface area contributed by atoms with E-state index in [1.807, 2.05) is 0 Å². The minimum absolute atomic E-state index is 0.0236. The first-order valence-electron chi connectivity index (χ1n) is 25.8. The van der Waals surface area contributed by atoms with Gasteiger partial charge in [0.25, 0.3) is 0 Å². The molecule has 0 radical (unpaired) electrons. The van der Waals surface area contributed by atoms with Crippen molar-refractivity contribution in [3.63, 3.8) is 0 Å². The van der Waals surface area contributed by atoms with Crippen molar-refractivity contribution in [3.05, 3.63) is 277 Å². The molecule has 3 heteroatoms. The Morgan fingerprint density at radius 2 is 1.01 bits per heavy atom. The topological polar surface area (TPSA) is 11.4 Å². The van der Waals surface area contributed by atoms with Gasteiger partial charge in [-0.2, -0.15) is 0 Å². The average Bonchev–Trinajstić information content (AvgIpc) is 3.99. The first kappa shape index (κ1) is 43.2. The number of fused-ring (bicyclic) bond motifs is 10. The summed E-state index contributed by atoms with van der Waals surface area (Å²) in [5.41, 5.74) is 20.9. The summed E-state index contributed by atoms with van der Waals surface area (Å²) in [4.78, 5) is 4.90. The fraction of sp³-hybridized carbons (Fsp3) is 0.114. The largest absolute Gasteiger partial charge is 0.311 e. The summed E-state index contributed by atoms with van der Waals surface area (Å²) >= 11 is 0. The second-order valence-electron chi connectivity index (χ2n) is 21.4. The van der Waals surface area contributed by atoms with Gasteiger partial charge in [0, 0.05) is 61.6 Å². The van der Waals surface area contributed by atoms with Crippen LogP contribution >= 0.6 is 0 Å². The molecule has 1 heterocycles. The zero-order chi connectivity index (χ0) is 49.0. The van der Waals surface area contributed by atoms with Crippen molar-refractivity contribution >= 4 is 61.0 Å². The summed E-state index contributed by atoms with van der Waals surface area (Å²) in [6.07, 6.45) is 7.42. The number of para-hydroxylation sites is 3. The summed E-state index contributed by atoms with van der Waals surface area (Å²) in [7, 11) is 0. The van der Waals surface area contributed by atoms with E-state index in [0.29, 0.717) is 11.8 Å². The number of aromatic nitrogens is 1.